The van der Waals surface area contributed by atoms with Crippen LogP contribution in [0.15, 0.2) is 28.8 Å². The highest BCUT2D eigenvalue weighted by molar-refractivity contribution is 5.80. The van der Waals surface area contributed by atoms with Crippen LogP contribution in [0.5, 0.6) is 0 Å². The minimum atomic E-state index is -0.337. The Morgan fingerprint density at radius 1 is 1.11 bits per heavy atom. The molecule has 0 spiro atoms. The highest BCUT2D eigenvalue weighted by Crippen LogP contribution is 2.56. The predicted octanol–water partition coefficient (Wildman–Crippen LogP) is 4.13. The van der Waals surface area contributed by atoms with E-state index in [4.69, 9.17) is 4.52 Å². The molecule has 4 aliphatic carbocycles. The van der Waals surface area contributed by atoms with Gasteiger partial charge >= 0.3 is 0 Å². The van der Waals surface area contributed by atoms with Crippen molar-refractivity contribution in [2.24, 2.45) is 29.6 Å². The lowest BCUT2D eigenvalue weighted by molar-refractivity contribution is -0.139. The zero-order valence-electron chi connectivity index (χ0n) is 15.4. The number of hydrogen-bond donors (Lipinski definition) is 1. The Hall–Kier alpha value is -2.24. The number of halogens is 1. The average Bonchev–Trinajstić information content (AvgIpc) is 3.11. The van der Waals surface area contributed by atoms with Gasteiger partial charge in [-0.05, 0) is 87.0 Å². The van der Waals surface area contributed by atoms with Crippen molar-refractivity contribution in [3.05, 3.63) is 36.0 Å². The monoisotopic (exact) mass is 369 g/mol. The maximum atomic E-state index is 13.1. The first-order valence-electron chi connectivity index (χ1n) is 9.96. The molecule has 1 aromatic carbocycles. The van der Waals surface area contributed by atoms with E-state index in [-0.39, 0.29) is 23.7 Å². The summed E-state index contributed by atoms with van der Waals surface area (Å²) in [6.45, 7) is 1.87. The number of rotatable bonds is 4. The third-order valence-corrected chi connectivity index (χ3v) is 6.80. The molecule has 1 atom stereocenters. The van der Waals surface area contributed by atoms with Crippen LogP contribution < -0.4 is 5.32 Å². The van der Waals surface area contributed by atoms with E-state index >= 15 is 0 Å². The number of nitrogens with zero attached hydrogens (tertiary/aromatic N) is 2. The summed E-state index contributed by atoms with van der Waals surface area (Å²) in [6, 6.07) is 5.62. The lowest BCUT2D eigenvalue weighted by Gasteiger charge is -2.53. The van der Waals surface area contributed by atoms with Gasteiger partial charge in [0, 0.05) is 11.5 Å². The minimum absolute atomic E-state index is 0.137. The van der Waals surface area contributed by atoms with Crippen molar-refractivity contribution in [1.82, 2.24) is 15.5 Å². The van der Waals surface area contributed by atoms with Crippen LogP contribution >= 0.6 is 0 Å². The van der Waals surface area contributed by atoms with Crippen LogP contribution in [0.25, 0.3) is 11.4 Å². The summed E-state index contributed by atoms with van der Waals surface area (Å²) < 4.78 is 18.4. The smallest absolute Gasteiger partial charge is 0.249 e. The van der Waals surface area contributed by atoms with Crippen molar-refractivity contribution in [2.75, 3.05) is 0 Å². The molecule has 5 nitrogen and oxygen atoms in total. The van der Waals surface area contributed by atoms with Gasteiger partial charge < -0.3 is 9.84 Å². The number of benzene rings is 1. The number of carbonyl (C=O) groups excluding carboxylic acids is 1. The van der Waals surface area contributed by atoms with Gasteiger partial charge in [-0.25, -0.2) is 4.39 Å². The van der Waals surface area contributed by atoms with Crippen molar-refractivity contribution in [3.8, 4) is 11.4 Å². The lowest BCUT2D eigenvalue weighted by atomic mass is 9.51. The van der Waals surface area contributed by atoms with Crippen molar-refractivity contribution in [3.63, 3.8) is 0 Å². The van der Waals surface area contributed by atoms with Gasteiger partial charge in [-0.1, -0.05) is 5.16 Å². The number of nitrogens with one attached hydrogen (secondary N) is 1. The summed E-state index contributed by atoms with van der Waals surface area (Å²) in [6.07, 6.45) is 6.25. The largest absolute Gasteiger partial charge is 0.344 e. The molecule has 2 aromatic rings. The molecule has 1 N–H and O–H groups in total. The fourth-order valence-electron chi connectivity index (χ4n) is 5.85. The van der Waals surface area contributed by atoms with Gasteiger partial charge in [-0.2, -0.15) is 4.98 Å². The van der Waals surface area contributed by atoms with Gasteiger partial charge in [-0.3, -0.25) is 4.79 Å². The molecule has 1 heterocycles. The van der Waals surface area contributed by atoms with Gasteiger partial charge in [-0.15, -0.1) is 0 Å². The molecule has 1 aromatic heterocycles. The molecule has 4 bridgehead atoms. The maximum absolute atomic E-state index is 13.1. The molecule has 0 aliphatic heterocycles. The first-order chi connectivity index (χ1) is 13.1. The third-order valence-electron chi connectivity index (χ3n) is 6.80. The van der Waals surface area contributed by atoms with E-state index in [2.05, 4.69) is 15.5 Å². The number of hydrogen-bond acceptors (Lipinski definition) is 4. The first kappa shape index (κ1) is 16.9. The van der Waals surface area contributed by atoms with Gasteiger partial charge in [0.05, 0.1) is 0 Å². The Balaban J connectivity index is 1.27. The van der Waals surface area contributed by atoms with Gasteiger partial charge in [0.1, 0.15) is 11.9 Å². The van der Waals surface area contributed by atoms with Gasteiger partial charge in [0.2, 0.25) is 17.6 Å². The molecular formula is C21H24FN3O2. The molecule has 1 amide bonds. The van der Waals surface area contributed by atoms with Crippen molar-refractivity contribution in [2.45, 2.75) is 45.1 Å². The summed E-state index contributed by atoms with van der Waals surface area (Å²) in [7, 11) is 0. The molecule has 6 rings (SSSR count). The second-order valence-electron chi connectivity index (χ2n) is 8.65. The molecule has 4 fully saturated rings. The first-order valence-corrected chi connectivity index (χ1v) is 9.96. The van der Waals surface area contributed by atoms with Crippen molar-refractivity contribution >= 4 is 5.91 Å². The number of aromatic nitrogens is 2. The average molecular weight is 369 g/mol. The molecule has 4 saturated carbocycles. The van der Waals surface area contributed by atoms with Crippen LogP contribution in [-0.2, 0) is 4.79 Å². The summed E-state index contributed by atoms with van der Waals surface area (Å²) in [5.41, 5.74) is 0.686. The van der Waals surface area contributed by atoms with Crippen LogP contribution in [0.1, 0.15) is 51.0 Å². The topological polar surface area (TPSA) is 68.0 Å². The van der Waals surface area contributed by atoms with Crippen molar-refractivity contribution < 1.29 is 13.7 Å². The Kier molecular flexibility index (Phi) is 4.02. The normalized spacial score (nSPS) is 32.4. The zero-order valence-corrected chi connectivity index (χ0v) is 15.4. The Bertz CT molecular complexity index is 819. The zero-order chi connectivity index (χ0) is 18.5. The SMILES string of the molecule is CC(NC(=O)C1C2CC3CC(C2)CC1C3)c1nc(-c2ccc(F)cc2)no1. The van der Waals surface area contributed by atoms with Crippen LogP contribution in [0.4, 0.5) is 4.39 Å². The summed E-state index contributed by atoms with van der Waals surface area (Å²) >= 11 is 0. The maximum Gasteiger partial charge on any atom is 0.249 e. The fourth-order valence-corrected chi connectivity index (χ4v) is 5.85. The molecule has 4 aliphatic rings. The lowest BCUT2D eigenvalue weighted by Crippen LogP contribution is -2.51. The summed E-state index contributed by atoms with van der Waals surface area (Å²) in [4.78, 5) is 17.4. The Morgan fingerprint density at radius 2 is 1.74 bits per heavy atom. The number of amides is 1. The van der Waals surface area contributed by atoms with E-state index in [1.54, 1.807) is 12.1 Å². The highest BCUT2D eigenvalue weighted by Gasteiger charge is 2.50. The van der Waals surface area contributed by atoms with E-state index in [9.17, 15) is 9.18 Å². The number of carbonyl (C=O) groups is 1. The second-order valence-corrected chi connectivity index (χ2v) is 8.65. The molecular weight excluding hydrogens is 345 g/mol. The van der Waals surface area contributed by atoms with E-state index in [1.807, 2.05) is 6.92 Å². The summed E-state index contributed by atoms with van der Waals surface area (Å²) in [5.74, 6) is 3.55. The van der Waals surface area contributed by atoms with Crippen LogP contribution in [0, 0.1) is 35.4 Å². The molecule has 0 radical (unpaired) electrons. The molecule has 0 saturated heterocycles. The quantitative estimate of drug-likeness (QED) is 0.880. The second kappa shape index (κ2) is 6.43. The van der Waals surface area contributed by atoms with Gasteiger partial charge in [0.15, 0.2) is 0 Å². The fraction of sp³-hybridized carbons (Fsp3) is 0.571. The van der Waals surface area contributed by atoms with E-state index in [1.165, 1.54) is 44.2 Å². The minimum Gasteiger partial charge on any atom is -0.344 e. The molecule has 6 heteroatoms. The standard InChI is InChI=1S/C21H24FN3O2/c1-11(21-24-19(25-27-21)14-2-4-17(22)5-3-14)23-20(26)18-15-7-12-6-13(9-15)10-16(18)8-12/h2-5,11-13,15-16,18H,6-10H2,1H3,(H,23,26). The van der Waals surface area contributed by atoms with E-state index in [0.717, 1.165) is 11.8 Å². The van der Waals surface area contributed by atoms with E-state index in [0.29, 0.717) is 29.1 Å². The van der Waals surface area contributed by atoms with Crippen LogP contribution in [0.2, 0.25) is 0 Å². The molecule has 1 unspecified atom stereocenters. The molecule has 142 valence electrons. The van der Waals surface area contributed by atoms with Gasteiger partial charge in [0.25, 0.3) is 0 Å². The third kappa shape index (κ3) is 3.05. The van der Waals surface area contributed by atoms with Crippen LogP contribution in [-0.4, -0.2) is 16.0 Å². The van der Waals surface area contributed by atoms with Crippen molar-refractivity contribution in [1.29, 1.82) is 0 Å². The van der Waals surface area contributed by atoms with Crippen LogP contribution in [0.3, 0.4) is 0 Å². The Morgan fingerprint density at radius 3 is 2.37 bits per heavy atom. The summed E-state index contributed by atoms with van der Waals surface area (Å²) in [5, 5.41) is 7.07. The highest BCUT2D eigenvalue weighted by atomic mass is 19.1. The molecule has 27 heavy (non-hydrogen) atoms. The Labute approximate surface area is 157 Å². The van der Waals surface area contributed by atoms with E-state index < -0.39 is 0 Å². The predicted molar refractivity (Wildman–Crippen MR) is 96.8 cm³/mol.